The smallest absolute Gasteiger partial charge is 0.323 e. The summed E-state index contributed by atoms with van der Waals surface area (Å²) in [4.78, 5) is 24.9. The number of hydrogen-bond acceptors (Lipinski definition) is 4. The van der Waals surface area contributed by atoms with Crippen LogP contribution < -0.4 is 0 Å². The first-order valence-electron chi connectivity index (χ1n) is 6.95. The lowest BCUT2D eigenvalue weighted by molar-refractivity contribution is -0.137. The standard InChI is InChI=1S/C15H18N4O3/c1-11(2)9-18(10-14(20)21)15(22)12-4-3-5-13(8-12)19-7-6-16-17-19/h3-8,11H,9-10H2,1-2H3,(H,20,21). The second kappa shape index (κ2) is 6.84. The molecule has 0 unspecified atom stereocenters. The van der Waals surface area contributed by atoms with Crippen molar-refractivity contribution in [1.29, 1.82) is 0 Å². The minimum absolute atomic E-state index is 0.182. The molecular weight excluding hydrogens is 284 g/mol. The lowest BCUT2D eigenvalue weighted by atomic mass is 10.1. The van der Waals surface area contributed by atoms with Crippen LogP contribution in [0.15, 0.2) is 36.7 Å². The van der Waals surface area contributed by atoms with Gasteiger partial charge in [-0.05, 0) is 24.1 Å². The molecule has 7 heteroatoms. The molecule has 7 nitrogen and oxygen atoms in total. The van der Waals surface area contributed by atoms with Gasteiger partial charge >= 0.3 is 5.97 Å². The van der Waals surface area contributed by atoms with Gasteiger partial charge < -0.3 is 10.0 Å². The Kier molecular flexibility index (Phi) is 4.88. The SMILES string of the molecule is CC(C)CN(CC(=O)O)C(=O)c1cccc(-n2ccnn2)c1. The number of nitrogens with zero attached hydrogens (tertiary/aromatic N) is 4. The zero-order valence-corrected chi connectivity index (χ0v) is 12.5. The molecule has 0 aliphatic rings. The molecular formula is C15H18N4O3. The van der Waals surface area contributed by atoms with Gasteiger partial charge in [0.25, 0.3) is 5.91 Å². The summed E-state index contributed by atoms with van der Waals surface area (Å²) in [7, 11) is 0. The van der Waals surface area contributed by atoms with E-state index in [9.17, 15) is 9.59 Å². The average Bonchev–Trinajstić information content (AvgIpc) is 2.99. The molecule has 0 radical (unpaired) electrons. The van der Waals surface area contributed by atoms with Crippen molar-refractivity contribution in [3.8, 4) is 5.69 Å². The van der Waals surface area contributed by atoms with Gasteiger partial charge in [0.2, 0.25) is 0 Å². The van der Waals surface area contributed by atoms with E-state index in [4.69, 9.17) is 5.11 Å². The Morgan fingerprint density at radius 2 is 2.14 bits per heavy atom. The number of carbonyl (C=O) groups is 2. The van der Waals surface area contributed by atoms with E-state index in [2.05, 4.69) is 10.3 Å². The molecule has 0 bridgehead atoms. The Bertz CT molecular complexity index is 653. The highest BCUT2D eigenvalue weighted by atomic mass is 16.4. The van der Waals surface area contributed by atoms with Crippen LogP contribution in [0.1, 0.15) is 24.2 Å². The minimum Gasteiger partial charge on any atom is -0.480 e. The van der Waals surface area contributed by atoms with Crippen LogP contribution in [0.4, 0.5) is 0 Å². The van der Waals surface area contributed by atoms with Gasteiger partial charge in [-0.3, -0.25) is 9.59 Å². The quantitative estimate of drug-likeness (QED) is 0.872. The van der Waals surface area contributed by atoms with Crippen LogP contribution in [0.3, 0.4) is 0 Å². The van der Waals surface area contributed by atoms with Gasteiger partial charge in [-0.1, -0.05) is 25.1 Å². The maximum absolute atomic E-state index is 12.6. The maximum atomic E-state index is 12.6. The fourth-order valence-corrected chi connectivity index (χ4v) is 2.13. The van der Waals surface area contributed by atoms with Crippen LogP contribution in [-0.4, -0.2) is 50.0 Å². The van der Waals surface area contributed by atoms with E-state index < -0.39 is 5.97 Å². The molecule has 0 aliphatic heterocycles. The molecule has 1 aromatic heterocycles. The van der Waals surface area contributed by atoms with Gasteiger partial charge in [0.15, 0.2) is 0 Å². The highest BCUT2D eigenvalue weighted by Crippen LogP contribution is 2.12. The van der Waals surface area contributed by atoms with Gasteiger partial charge in [-0.15, -0.1) is 5.10 Å². The second-order valence-electron chi connectivity index (χ2n) is 5.37. The molecule has 0 fully saturated rings. The molecule has 1 aromatic carbocycles. The van der Waals surface area contributed by atoms with Crippen molar-refractivity contribution in [1.82, 2.24) is 19.9 Å². The molecule has 116 valence electrons. The zero-order valence-electron chi connectivity index (χ0n) is 12.5. The Hall–Kier alpha value is -2.70. The molecule has 1 heterocycles. The second-order valence-corrected chi connectivity index (χ2v) is 5.37. The van der Waals surface area contributed by atoms with Gasteiger partial charge in [0.05, 0.1) is 18.1 Å². The lowest BCUT2D eigenvalue weighted by Crippen LogP contribution is -2.38. The number of amides is 1. The number of carbonyl (C=O) groups excluding carboxylic acids is 1. The normalized spacial score (nSPS) is 10.7. The van der Waals surface area contributed by atoms with Crippen LogP contribution in [0.25, 0.3) is 5.69 Å². The van der Waals surface area contributed by atoms with E-state index in [1.54, 1.807) is 41.3 Å². The van der Waals surface area contributed by atoms with Gasteiger partial charge in [0.1, 0.15) is 6.54 Å². The lowest BCUT2D eigenvalue weighted by Gasteiger charge is -2.23. The molecule has 1 amide bonds. The summed E-state index contributed by atoms with van der Waals surface area (Å²) in [5.74, 6) is -1.15. The summed E-state index contributed by atoms with van der Waals surface area (Å²) < 4.78 is 1.54. The highest BCUT2D eigenvalue weighted by Gasteiger charge is 2.20. The molecule has 22 heavy (non-hydrogen) atoms. The number of benzene rings is 1. The first-order chi connectivity index (χ1) is 10.5. The van der Waals surface area contributed by atoms with Crippen molar-refractivity contribution in [2.45, 2.75) is 13.8 Å². The minimum atomic E-state index is -1.03. The fraction of sp³-hybridized carbons (Fsp3) is 0.333. The number of hydrogen-bond donors (Lipinski definition) is 1. The van der Waals surface area contributed by atoms with Crippen molar-refractivity contribution in [3.05, 3.63) is 42.2 Å². The zero-order chi connectivity index (χ0) is 16.1. The Labute approximate surface area is 128 Å². The van der Waals surface area contributed by atoms with E-state index >= 15 is 0 Å². The third kappa shape index (κ3) is 3.91. The van der Waals surface area contributed by atoms with Crippen molar-refractivity contribution >= 4 is 11.9 Å². The van der Waals surface area contributed by atoms with Crippen LogP contribution in [-0.2, 0) is 4.79 Å². The Morgan fingerprint density at radius 1 is 1.36 bits per heavy atom. The van der Waals surface area contributed by atoms with Crippen LogP contribution in [0.2, 0.25) is 0 Å². The van der Waals surface area contributed by atoms with Crippen molar-refractivity contribution < 1.29 is 14.7 Å². The number of carboxylic acid groups (broad SMARTS) is 1. The van der Waals surface area contributed by atoms with E-state index in [-0.39, 0.29) is 18.4 Å². The van der Waals surface area contributed by atoms with Crippen molar-refractivity contribution in [2.75, 3.05) is 13.1 Å². The van der Waals surface area contributed by atoms with Crippen LogP contribution >= 0.6 is 0 Å². The summed E-state index contributed by atoms with van der Waals surface area (Å²) in [6, 6.07) is 6.87. The molecule has 0 aliphatic carbocycles. The van der Waals surface area contributed by atoms with E-state index in [0.29, 0.717) is 17.8 Å². The molecule has 2 rings (SSSR count). The first-order valence-corrected chi connectivity index (χ1v) is 6.95. The van der Waals surface area contributed by atoms with E-state index in [0.717, 1.165) is 0 Å². The number of aromatic nitrogens is 3. The van der Waals surface area contributed by atoms with Gasteiger partial charge in [0, 0.05) is 12.1 Å². The molecule has 1 N–H and O–H groups in total. The summed E-state index contributed by atoms with van der Waals surface area (Å²) in [5, 5.41) is 16.6. The number of carboxylic acids is 1. The van der Waals surface area contributed by atoms with Gasteiger partial charge in [-0.2, -0.15) is 0 Å². The molecule has 0 spiro atoms. The van der Waals surface area contributed by atoms with Gasteiger partial charge in [-0.25, -0.2) is 4.68 Å². The largest absolute Gasteiger partial charge is 0.480 e. The highest BCUT2D eigenvalue weighted by molar-refractivity contribution is 5.96. The third-order valence-corrected chi connectivity index (χ3v) is 2.98. The van der Waals surface area contributed by atoms with Crippen molar-refractivity contribution in [2.24, 2.45) is 5.92 Å². The topological polar surface area (TPSA) is 88.3 Å². The molecule has 0 atom stereocenters. The summed E-state index contributed by atoms with van der Waals surface area (Å²) in [6.07, 6.45) is 3.22. The number of aliphatic carboxylic acids is 1. The Balaban J connectivity index is 2.26. The van der Waals surface area contributed by atoms with Crippen molar-refractivity contribution in [3.63, 3.8) is 0 Å². The van der Waals surface area contributed by atoms with Crippen LogP contribution in [0, 0.1) is 5.92 Å². The molecule has 0 saturated carbocycles. The predicted octanol–water partition coefficient (Wildman–Crippen LogP) is 1.45. The van der Waals surface area contributed by atoms with E-state index in [1.807, 2.05) is 13.8 Å². The molecule has 0 saturated heterocycles. The number of rotatable bonds is 6. The first kappa shape index (κ1) is 15.7. The monoisotopic (exact) mass is 302 g/mol. The maximum Gasteiger partial charge on any atom is 0.323 e. The fourth-order valence-electron chi connectivity index (χ4n) is 2.13. The van der Waals surface area contributed by atoms with E-state index in [1.165, 1.54) is 4.90 Å². The summed E-state index contributed by atoms with van der Waals surface area (Å²) in [6.45, 7) is 3.95. The third-order valence-electron chi connectivity index (χ3n) is 2.98. The predicted molar refractivity (Wildman–Crippen MR) is 79.7 cm³/mol. The average molecular weight is 302 g/mol. The Morgan fingerprint density at radius 3 is 2.73 bits per heavy atom. The molecule has 2 aromatic rings. The van der Waals surface area contributed by atoms with Crippen LogP contribution in [0.5, 0.6) is 0 Å². The summed E-state index contributed by atoms with van der Waals surface area (Å²) >= 11 is 0. The summed E-state index contributed by atoms with van der Waals surface area (Å²) in [5.41, 5.74) is 1.12.